The van der Waals surface area contributed by atoms with Crippen LogP contribution in [-0.2, 0) is 22.1 Å². The molecule has 114 valence electrons. The van der Waals surface area contributed by atoms with E-state index in [1.54, 1.807) is 6.07 Å². The van der Waals surface area contributed by atoms with E-state index in [0.29, 0.717) is 18.4 Å². The Hall–Kier alpha value is -1.56. The Bertz CT molecular complexity index is 570. The van der Waals surface area contributed by atoms with Crippen molar-refractivity contribution >= 4 is 5.97 Å². The predicted octanol–water partition coefficient (Wildman–Crippen LogP) is 3.27. The van der Waals surface area contributed by atoms with Gasteiger partial charge in [-0.15, -0.1) is 0 Å². The molecule has 0 saturated carbocycles. The molecule has 1 aromatic carbocycles. The van der Waals surface area contributed by atoms with Crippen molar-refractivity contribution in [2.75, 3.05) is 0 Å². The van der Waals surface area contributed by atoms with Gasteiger partial charge in [-0.25, -0.2) is 0 Å². The van der Waals surface area contributed by atoms with E-state index in [0.717, 1.165) is 18.6 Å². The summed E-state index contributed by atoms with van der Waals surface area (Å²) in [4.78, 5) is 11.7. The zero-order chi connectivity index (χ0) is 15.3. The van der Waals surface area contributed by atoms with Gasteiger partial charge in [-0.3, -0.25) is 4.79 Å². The summed E-state index contributed by atoms with van der Waals surface area (Å²) in [5, 5.41) is 9.57. The molecule has 2 fully saturated rings. The number of carboxylic acid groups (broad SMARTS) is 1. The molecule has 1 aromatic rings. The average Bonchev–Trinajstić information content (AvgIpc) is 2.99. The Kier molecular flexibility index (Phi) is 3.24. The molecule has 2 aliphatic heterocycles. The Balaban J connectivity index is 1.90. The van der Waals surface area contributed by atoms with Crippen molar-refractivity contribution in [1.29, 1.82) is 0 Å². The van der Waals surface area contributed by atoms with Crippen molar-refractivity contribution in [2.45, 2.75) is 44.1 Å². The SMILES string of the molecule is O=C(O)C1(Cc2cccc(C(F)(F)F)c2)CC2CCC1O2. The second-order valence-corrected chi connectivity index (χ2v) is 5.86. The minimum Gasteiger partial charge on any atom is -0.481 e. The van der Waals surface area contributed by atoms with E-state index < -0.39 is 29.2 Å². The van der Waals surface area contributed by atoms with Crippen molar-refractivity contribution in [3.8, 4) is 0 Å². The fourth-order valence-electron chi connectivity index (χ4n) is 3.51. The highest BCUT2D eigenvalue weighted by Crippen LogP contribution is 2.50. The van der Waals surface area contributed by atoms with Crippen molar-refractivity contribution < 1.29 is 27.8 Å². The summed E-state index contributed by atoms with van der Waals surface area (Å²) in [6.45, 7) is 0. The summed E-state index contributed by atoms with van der Waals surface area (Å²) < 4.78 is 43.8. The number of benzene rings is 1. The van der Waals surface area contributed by atoms with Gasteiger partial charge in [0, 0.05) is 0 Å². The number of carbonyl (C=O) groups is 1. The molecule has 2 bridgehead atoms. The second-order valence-electron chi connectivity index (χ2n) is 5.86. The molecular weight excluding hydrogens is 285 g/mol. The number of ether oxygens (including phenoxy) is 1. The molecule has 2 aliphatic rings. The third kappa shape index (κ3) is 2.41. The zero-order valence-electron chi connectivity index (χ0n) is 11.2. The van der Waals surface area contributed by atoms with E-state index in [4.69, 9.17) is 4.74 Å². The molecule has 0 aromatic heterocycles. The van der Waals surface area contributed by atoms with Crippen LogP contribution in [-0.4, -0.2) is 23.3 Å². The number of carboxylic acids is 1. The van der Waals surface area contributed by atoms with Crippen LogP contribution in [0.4, 0.5) is 13.2 Å². The van der Waals surface area contributed by atoms with Gasteiger partial charge in [0.25, 0.3) is 0 Å². The molecule has 1 N–H and O–H groups in total. The van der Waals surface area contributed by atoms with Gasteiger partial charge in [0.1, 0.15) is 5.41 Å². The van der Waals surface area contributed by atoms with Gasteiger partial charge < -0.3 is 9.84 Å². The number of alkyl halides is 3. The maximum Gasteiger partial charge on any atom is 0.416 e. The van der Waals surface area contributed by atoms with Crippen LogP contribution in [0.25, 0.3) is 0 Å². The van der Waals surface area contributed by atoms with Crippen LogP contribution in [0.15, 0.2) is 24.3 Å². The minimum absolute atomic E-state index is 0.0723. The van der Waals surface area contributed by atoms with Gasteiger partial charge in [-0.1, -0.05) is 18.2 Å². The summed E-state index contributed by atoms with van der Waals surface area (Å²) in [7, 11) is 0. The first-order valence-corrected chi connectivity index (χ1v) is 6.86. The smallest absolute Gasteiger partial charge is 0.416 e. The largest absolute Gasteiger partial charge is 0.481 e. The predicted molar refractivity (Wildman–Crippen MR) is 67.7 cm³/mol. The topological polar surface area (TPSA) is 46.5 Å². The maximum absolute atomic E-state index is 12.7. The van der Waals surface area contributed by atoms with Crippen LogP contribution in [0.3, 0.4) is 0 Å². The highest BCUT2D eigenvalue weighted by Gasteiger charge is 2.57. The molecule has 3 unspecified atom stereocenters. The number of aliphatic carboxylic acids is 1. The van der Waals surface area contributed by atoms with Crippen molar-refractivity contribution in [2.24, 2.45) is 5.41 Å². The second kappa shape index (κ2) is 4.73. The number of hydrogen-bond acceptors (Lipinski definition) is 2. The van der Waals surface area contributed by atoms with E-state index in [2.05, 4.69) is 0 Å². The van der Waals surface area contributed by atoms with Crippen LogP contribution in [0.2, 0.25) is 0 Å². The number of halogens is 3. The lowest BCUT2D eigenvalue weighted by Crippen LogP contribution is -2.42. The number of hydrogen-bond donors (Lipinski definition) is 1. The fourth-order valence-corrected chi connectivity index (χ4v) is 3.51. The fraction of sp³-hybridized carbons (Fsp3) is 0.533. The summed E-state index contributed by atoms with van der Waals surface area (Å²) in [5.41, 5.74) is -1.44. The van der Waals surface area contributed by atoms with E-state index in [9.17, 15) is 23.1 Å². The summed E-state index contributed by atoms with van der Waals surface area (Å²) in [6.07, 6.45) is -2.93. The van der Waals surface area contributed by atoms with Crippen LogP contribution < -0.4 is 0 Å². The summed E-state index contributed by atoms with van der Waals surface area (Å²) in [6, 6.07) is 4.90. The molecule has 0 radical (unpaired) electrons. The lowest BCUT2D eigenvalue weighted by molar-refractivity contribution is -0.152. The molecule has 2 saturated heterocycles. The lowest BCUT2D eigenvalue weighted by atomic mass is 9.70. The first-order chi connectivity index (χ1) is 9.81. The van der Waals surface area contributed by atoms with Crippen LogP contribution in [0.1, 0.15) is 30.4 Å². The first-order valence-electron chi connectivity index (χ1n) is 6.86. The van der Waals surface area contributed by atoms with Gasteiger partial charge in [0.05, 0.1) is 17.8 Å². The molecule has 0 amide bonds. The molecule has 21 heavy (non-hydrogen) atoms. The monoisotopic (exact) mass is 300 g/mol. The highest BCUT2D eigenvalue weighted by molar-refractivity contribution is 5.76. The summed E-state index contributed by atoms with van der Waals surface area (Å²) in [5.74, 6) is -0.980. The van der Waals surface area contributed by atoms with Crippen molar-refractivity contribution in [3.63, 3.8) is 0 Å². The Morgan fingerprint density at radius 3 is 2.67 bits per heavy atom. The van der Waals surface area contributed by atoms with E-state index in [1.165, 1.54) is 6.07 Å². The first kappa shape index (κ1) is 14.4. The highest BCUT2D eigenvalue weighted by atomic mass is 19.4. The van der Waals surface area contributed by atoms with Gasteiger partial charge in [-0.2, -0.15) is 13.2 Å². The molecule has 3 nitrogen and oxygen atoms in total. The van der Waals surface area contributed by atoms with E-state index in [-0.39, 0.29) is 12.5 Å². The van der Waals surface area contributed by atoms with E-state index in [1.807, 2.05) is 0 Å². The molecule has 0 aliphatic carbocycles. The number of rotatable bonds is 3. The van der Waals surface area contributed by atoms with Crippen molar-refractivity contribution in [3.05, 3.63) is 35.4 Å². The van der Waals surface area contributed by atoms with Crippen LogP contribution >= 0.6 is 0 Å². The van der Waals surface area contributed by atoms with Crippen LogP contribution in [0, 0.1) is 5.41 Å². The number of fused-ring (bicyclic) bond motifs is 2. The summed E-state index contributed by atoms with van der Waals surface area (Å²) >= 11 is 0. The van der Waals surface area contributed by atoms with Crippen LogP contribution in [0.5, 0.6) is 0 Å². The quantitative estimate of drug-likeness (QED) is 0.932. The van der Waals surface area contributed by atoms with E-state index >= 15 is 0 Å². The molecule has 3 atom stereocenters. The molecule has 6 heteroatoms. The maximum atomic E-state index is 12.7. The zero-order valence-corrected chi connectivity index (χ0v) is 11.2. The molecule has 3 rings (SSSR count). The van der Waals surface area contributed by atoms with Gasteiger partial charge >= 0.3 is 12.1 Å². The lowest BCUT2D eigenvalue weighted by Gasteiger charge is -2.31. The van der Waals surface area contributed by atoms with Gasteiger partial charge in [-0.05, 0) is 37.3 Å². The third-order valence-electron chi connectivity index (χ3n) is 4.52. The average molecular weight is 300 g/mol. The molecule has 0 spiro atoms. The minimum atomic E-state index is -4.42. The van der Waals surface area contributed by atoms with Crippen molar-refractivity contribution in [1.82, 2.24) is 0 Å². The van der Waals surface area contributed by atoms with Gasteiger partial charge in [0.15, 0.2) is 0 Å². The van der Waals surface area contributed by atoms with Gasteiger partial charge in [0.2, 0.25) is 0 Å². The third-order valence-corrected chi connectivity index (χ3v) is 4.52. The Labute approximate surface area is 119 Å². The Morgan fingerprint density at radius 1 is 1.38 bits per heavy atom. The Morgan fingerprint density at radius 2 is 2.14 bits per heavy atom. The molecule has 2 heterocycles. The molecular formula is C15H15F3O3. The standard InChI is InChI=1S/C15H15F3O3/c16-15(17,18)10-3-1-2-9(6-10)7-14(13(19)20)8-11-4-5-12(14)21-11/h1-3,6,11-12H,4-5,7-8H2,(H,19,20). The normalized spacial score (nSPS) is 31.6.